The van der Waals surface area contributed by atoms with Crippen LogP contribution in [0.1, 0.15) is 45.2 Å². The highest BCUT2D eigenvalue weighted by Gasteiger charge is 2.57. The summed E-state index contributed by atoms with van der Waals surface area (Å²) in [5.74, 6) is 0.359. The predicted octanol–water partition coefficient (Wildman–Crippen LogP) is 2.09. The maximum atomic E-state index is 13.2. The smallest absolute Gasteiger partial charge is 0.249 e. The second-order valence-electron chi connectivity index (χ2n) is 8.89. The number of benzene rings is 1. The van der Waals surface area contributed by atoms with Crippen molar-refractivity contribution in [2.45, 2.75) is 52.4 Å². The summed E-state index contributed by atoms with van der Waals surface area (Å²) in [6, 6.07) is 5.93. The minimum Gasteiger partial charge on any atom is -0.326 e. The fraction of sp³-hybridized carbons (Fsp3) is 0.600. The molecule has 2 amide bonds. The second kappa shape index (κ2) is 6.06. The first-order valence-electron chi connectivity index (χ1n) is 9.19. The molecule has 3 N–H and O–H groups in total. The Bertz CT molecular complexity index is 755. The number of anilines is 1. The van der Waals surface area contributed by atoms with Crippen LogP contribution in [-0.2, 0) is 21.5 Å². The highest BCUT2D eigenvalue weighted by Crippen LogP contribution is 2.47. The number of hydrogen-bond acceptors (Lipinski definition) is 4. The number of carbonyl (C=O) groups is 2. The first-order chi connectivity index (χ1) is 12.0. The van der Waals surface area contributed by atoms with Crippen LogP contribution in [0.4, 0.5) is 5.69 Å². The van der Waals surface area contributed by atoms with E-state index in [0.29, 0.717) is 5.92 Å². The lowest BCUT2D eigenvalue weighted by atomic mass is 9.71. The van der Waals surface area contributed by atoms with Gasteiger partial charge >= 0.3 is 0 Å². The largest absolute Gasteiger partial charge is 0.326 e. The molecule has 2 aliphatic rings. The lowest BCUT2D eigenvalue weighted by molar-refractivity contribution is -0.134. The molecule has 6 nitrogen and oxygen atoms in total. The van der Waals surface area contributed by atoms with Crippen molar-refractivity contribution >= 4 is 17.5 Å². The van der Waals surface area contributed by atoms with Crippen LogP contribution in [0.5, 0.6) is 0 Å². The molecule has 0 radical (unpaired) electrons. The third-order valence-electron chi connectivity index (χ3n) is 5.78. The van der Waals surface area contributed by atoms with Crippen LogP contribution < -0.4 is 11.1 Å². The van der Waals surface area contributed by atoms with Gasteiger partial charge in [-0.05, 0) is 49.1 Å². The average molecular weight is 358 g/mol. The van der Waals surface area contributed by atoms with E-state index in [9.17, 15) is 9.59 Å². The Kier molecular flexibility index (Phi) is 4.40. The number of likely N-dealkylation sites (N-methyl/N-ethyl adjacent to an activating group) is 2. The number of carbonyl (C=O) groups excluding carboxylic acids is 2. The van der Waals surface area contributed by atoms with Gasteiger partial charge in [-0.3, -0.25) is 20.2 Å². The van der Waals surface area contributed by atoms with Crippen molar-refractivity contribution in [3.63, 3.8) is 0 Å². The predicted molar refractivity (Wildman–Crippen MR) is 102 cm³/mol. The van der Waals surface area contributed by atoms with Gasteiger partial charge in [0.15, 0.2) is 0 Å². The summed E-state index contributed by atoms with van der Waals surface area (Å²) in [5, 5.41) is 2.99. The zero-order chi connectivity index (χ0) is 19.4. The van der Waals surface area contributed by atoms with E-state index in [4.69, 9.17) is 5.73 Å². The maximum absolute atomic E-state index is 13.2. The minimum absolute atomic E-state index is 0.0274. The summed E-state index contributed by atoms with van der Waals surface area (Å²) in [7, 11) is 3.66. The summed E-state index contributed by atoms with van der Waals surface area (Å²) in [4.78, 5) is 29.2. The number of rotatable bonds is 1. The van der Waals surface area contributed by atoms with Crippen molar-refractivity contribution in [3.8, 4) is 0 Å². The Balaban J connectivity index is 2.09. The Hall–Kier alpha value is -1.92. The number of amides is 2. The molecule has 6 heteroatoms. The maximum Gasteiger partial charge on any atom is 0.249 e. The van der Waals surface area contributed by atoms with E-state index < -0.39 is 17.2 Å². The van der Waals surface area contributed by atoms with Gasteiger partial charge in [0.1, 0.15) is 11.8 Å². The molecule has 3 unspecified atom stereocenters. The lowest BCUT2D eigenvalue weighted by Crippen LogP contribution is -2.51. The van der Waals surface area contributed by atoms with Gasteiger partial charge in [0.2, 0.25) is 11.8 Å². The van der Waals surface area contributed by atoms with E-state index in [-0.39, 0.29) is 11.8 Å². The van der Waals surface area contributed by atoms with Crippen LogP contribution in [0.15, 0.2) is 18.2 Å². The average Bonchev–Trinajstić information content (AvgIpc) is 2.71. The van der Waals surface area contributed by atoms with Crippen molar-refractivity contribution in [3.05, 3.63) is 29.3 Å². The van der Waals surface area contributed by atoms with Crippen LogP contribution in [0, 0.1) is 11.3 Å². The number of hydrogen-bond donors (Lipinski definition) is 2. The molecule has 3 rings (SSSR count). The summed E-state index contributed by atoms with van der Waals surface area (Å²) >= 11 is 0. The number of nitrogens with one attached hydrogen (secondary N) is 1. The number of nitrogens with two attached hydrogens (primary N) is 1. The van der Waals surface area contributed by atoms with E-state index >= 15 is 0 Å². The quantitative estimate of drug-likeness (QED) is 0.806. The Morgan fingerprint density at radius 2 is 1.96 bits per heavy atom. The summed E-state index contributed by atoms with van der Waals surface area (Å²) in [6.45, 7) is 7.81. The van der Waals surface area contributed by atoms with Gasteiger partial charge in [-0.2, -0.15) is 0 Å². The summed E-state index contributed by atoms with van der Waals surface area (Å²) in [5.41, 5.74) is 7.86. The van der Waals surface area contributed by atoms with E-state index in [0.717, 1.165) is 29.7 Å². The molecule has 26 heavy (non-hydrogen) atoms. The topological polar surface area (TPSA) is 78.7 Å². The molecule has 1 aliphatic heterocycles. The number of nitrogens with zero attached hydrogens (tertiary/aromatic N) is 2. The fourth-order valence-corrected chi connectivity index (χ4v) is 4.18. The first kappa shape index (κ1) is 18.9. The molecule has 0 bridgehead atoms. The zero-order valence-electron chi connectivity index (χ0n) is 16.6. The van der Waals surface area contributed by atoms with Gasteiger partial charge in [0.05, 0.1) is 0 Å². The molecule has 1 aromatic rings. The van der Waals surface area contributed by atoms with Crippen molar-refractivity contribution in [2.75, 3.05) is 19.4 Å². The Labute approximate surface area is 155 Å². The van der Waals surface area contributed by atoms with Crippen molar-refractivity contribution < 1.29 is 9.59 Å². The molecular weight excluding hydrogens is 328 g/mol. The van der Waals surface area contributed by atoms with Crippen molar-refractivity contribution in [2.24, 2.45) is 17.1 Å². The molecule has 1 heterocycles. The first-order valence-corrected chi connectivity index (χ1v) is 9.19. The monoisotopic (exact) mass is 358 g/mol. The Morgan fingerprint density at radius 1 is 1.31 bits per heavy atom. The van der Waals surface area contributed by atoms with Crippen LogP contribution in [0.25, 0.3) is 0 Å². The van der Waals surface area contributed by atoms with Crippen LogP contribution in [0.3, 0.4) is 0 Å². The standard InChI is InChI=1S/C20H30N4O2/c1-12-9-13-7-8-14(22-16(25)19(2,3)4)10-15(13)20(11-12)17(26)23(5)18(21)24(20)6/h7-8,10,12,18H,9,11,21H2,1-6H3,(H,22,25). The molecule has 142 valence electrons. The van der Waals surface area contributed by atoms with Gasteiger partial charge in [-0.15, -0.1) is 0 Å². The van der Waals surface area contributed by atoms with Gasteiger partial charge < -0.3 is 10.2 Å². The second-order valence-corrected chi connectivity index (χ2v) is 8.89. The third kappa shape index (κ3) is 2.72. The molecule has 1 aliphatic carbocycles. The highest BCUT2D eigenvalue weighted by molar-refractivity contribution is 5.95. The van der Waals surface area contributed by atoms with Crippen LogP contribution >= 0.6 is 0 Å². The summed E-state index contributed by atoms with van der Waals surface area (Å²) in [6.07, 6.45) is 1.20. The molecule has 0 saturated carbocycles. The van der Waals surface area contributed by atoms with E-state index in [1.165, 1.54) is 0 Å². The van der Waals surface area contributed by atoms with Gasteiger partial charge in [-0.25, -0.2) is 0 Å². The molecule has 1 aromatic carbocycles. The van der Waals surface area contributed by atoms with E-state index in [1.54, 1.807) is 11.9 Å². The lowest BCUT2D eigenvalue weighted by Gasteiger charge is -2.42. The normalized spacial score (nSPS) is 29.2. The van der Waals surface area contributed by atoms with Crippen molar-refractivity contribution in [1.29, 1.82) is 0 Å². The van der Waals surface area contributed by atoms with E-state index in [1.807, 2.05) is 50.9 Å². The van der Waals surface area contributed by atoms with Crippen molar-refractivity contribution in [1.82, 2.24) is 9.80 Å². The molecule has 3 atom stereocenters. The molecule has 0 aromatic heterocycles. The third-order valence-corrected chi connectivity index (χ3v) is 5.78. The zero-order valence-corrected chi connectivity index (χ0v) is 16.6. The molecular formula is C20H30N4O2. The van der Waals surface area contributed by atoms with Gasteiger partial charge in [-0.1, -0.05) is 33.8 Å². The van der Waals surface area contributed by atoms with E-state index in [2.05, 4.69) is 12.2 Å². The van der Waals surface area contributed by atoms with Gasteiger partial charge in [0, 0.05) is 18.2 Å². The van der Waals surface area contributed by atoms with Gasteiger partial charge in [0.25, 0.3) is 0 Å². The molecule has 1 saturated heterocycles. The minimum atomic E-state index is -0.760. The van der Waals surface area contributed by atoms with Crippen LogP contribution in [0.2, 0.25) is 0 Å². The molecule has 1 spiro atoms. The highest BCUT2D eigenvalue weighted by atomic mass is 16.2. The number of fused-ring (bicyclic) bond motifs is 2. The fourth-order valence-electron chi connectivity index (χ4n) is 4.18. The molecule has 1 fully saturated rings. The SMILES string of the molecule is CC1Cc2ccc(NC(=O)C(C)(C)C)cc2C2(C1)C(=O)N(C)C(N)N2C. The van der Waals surface area contributed by atoms with Crippen LogP contribution in [-0.4, -0.2) is 42.0 Å². The Morgan fingerprint density at radius 3 is 2.50 bits per heavy atom. The summed E-state index contributed by atoms with van der Waals surface area (Å²) < 4.78 is 0.